The molecule has 0 saturated carbocycles. The number of hydrogen-bond acceptors (Lipinski definition) is 6. The summed E-state index contributed by atoms with van der Waals surface area (Å²) in [5, 5.41) is 10.1. The lowest BCUT2D eigenvalue weighted by Crippen LogP contribution is -2.44. The maximum Gasteiger partial charge on any atom is 0.326 e. The number of aliphatic carboxylic acids is 1. The van der Waals surface area contributed by atoms with Crippen LogP contribution < -0.4 is 0 Å². The van der Waals surface area contributed by atoms with Gasteiger partial charge in [-0.25, -0.2) is 4.79 Å². The molecule has 1 amide bonds. The molecule has 1 N–H and O–H groups in total. The maximum absolute atomic E-state index is 12.8. The molecule has 146 valence electrons. The summed E-state index contributed by atoms with van der Waals surface area (Å²) in [7, 11) is 0. The van der Waals surface area contributed by atoms with Gasteiger partial charge in [0.15, 0.2) is 0 Å². The van der Waals surface area contributed by atoms with E-state index in [0.29, 0.717) is 33.6 Å². The minimum absolute atomic E-state index is 0.239. The number of amides is 1. The summed E-state index contributed by atoms with van der Waals surface area (Å²) in [6.45, 7) is 0. The number of hydrogen-bond donors (Lipinski definition) is 1. The van der Waals surface area contributed by atoms with Crippen LogP contribution in [-0.2, 0) is 9.59 Å². The largest absolute Gasteiger partial charge is 0.480 e. The van der Waals surface area contributed by atoms with E-state index in [0.717, 1.165) is 17.3 Å². The first-order chi connectivity index (χ1) is 13.4. The monoisotopic (exact) mass is 453 g/mol. The molecular formula is C19H16ClNO4S3. The predicted octanol–water partition coefficient (Wildman–Crippen LogP) is 5.01. The lowest BCUT2D eigenvalue weighted by atomic mass is 10.2. The Morgan fingerprint density at radius 2 is 2.14 bits per heavy atom. The van der Waals surface area contributed by atoms with E-state index in [1.807, 2.05) is 24.5 Å². The van der Waals surface area contributed by atoms with Crippen molar-refractivity contribution in [2.45, 2.75) is 12.5 Å². The Bertz CT molecular complexity index is 956. The molecule has 28 heavy (non-hydrogen) atoms. The molecule has 1 saturated heterocycles. The third kappa shape index (κ3) is 4.46. The van der Waals surface area contributed by atoms with Crippen LogP contribution in [0.15, 0.2) is 45.7 Å². The molecule has 0 spiro atoms. The molecule has 0 aliphatic carbocycles. The highest BCUT2D eigenvalue weighted by molar-refractivity contribution is 8.26. The molecule has 1 aromatic heterocycles. The van der Waals surface area contributed by atoms with Crippen molar-refractivity contribution in [2.24, 2.45) is 0 Å². The van der Waals surface area contributed by atoms with E-state index in [1.165, 1.54) is 16.7 Å². The highest BCUT2D eigenvalue weighted by atomic mass is 35.5. The summed E-state index contributed by atoms with van der Waals surface area (Å²) in [5.41, 5.74) is 0.749. The quantitative estimate of drug-likeness (QED) is 0.466. The Kier molecular flexibility index (Phi) is 6.87. The first-order valence-electron chi connectivity index (χ1n) is 8.26. The zero-order chi connectivity index (χ0) is 20.3. The van der Waals surface area contributed by atoms with Crippen LogP contribution in [0.5, 0.6) is 0 Å². The fourth-order valence-electron chi connectivity index (χ4n) is 2.71. The molecule has 0 bridgehead atoms. The van der Waals surface area contributed by atoms with E-state index in [4.69, 9.17) is 28.2 Å². The van der Waals surface area contributed by atoms with Crippen LogP contribution in [0.4, 0.5) is 0 Å². The van der Waals surface area contributed by atoms with Crippen molar-refractivity contribution in [3.63, 3.8) is 0 Å². The van der Waals surface area contributed by atoms with Gasteiger partial charge in [-0.1, -0.05) is 47.7 Å². The van der Waals surface area contributed by atoms with Crippen LogP contribution >= 0.6 is 47.3 Å². The summed E-state index contributed by atoms with van der Waals surface area (Å²) in [6.07, 6.45) is 3.79. The Morgan fingerprint density at radius 3 is 2.82 bits per heavy atom. The Hall–Kier alpha value is -1.74. The molecule has 1 fully saturated rings. The van der Waals surface area contributed by atoms with E-state index < -0.39 is 17.9 Å². The van der Waals surface area contributed by atoms with Crippen molar-refractivity contribution in [3.8, 4) is 11.3 Å². The fraction of sp³-hybridized carbons (Fsp3) is 0.211. The van der Waals surface area contributed by atoms with Gasteiger partial charge >= 0.3 is 5.97 Å². The highest BCUT2D eigenvalue weighted by Gasteiger charge is 2.40. The number of thiocarbonyl (C=S) groups is 1. The first-order valence-corrected chi connectivity index (χ1v) is 11.3. The minimum atomic E-state index is -1.06. The second kappa shape index (κ2) is 9.17. The van der Waals surface area contributed by atoms with Gasteiger partial charge < -0.3 is 9.52 Å². The Balaban J connectivity index is 1.84. The number of thioether (sulfide) groups is 2. The summed E-state index contributed by atoms with van der Waals surface area (Å²) in [4.78, 5) is 25.9. The third-order valence-corrected chi connectivity index (χ3v) is 6.36. The fourth-order valence-corrected chi connectivity index (χ4v) is 4.73. The standard InChI is InChI=1S/C19H16ClNO4S3/c1-27-9-8-14(18(23)24)21-17(22)16(28-19(21)26)10-11-6-7-15(25-11)12-4-2-3-5-13(12)20/h2-7,10,14H,8-9H2,1H3,(H,23,24)/b16-10-/t14-/m0/s1. The van der Waals surface area contributed by atoms with Gasteiger partial charge in [0.2, 0.25) is 0 Å². The van der Waals surface area contributed by atoms with Gasteiger partial charge in [-0.3, -0.25) is 9.69 Å². The van der Waals surface area contributed by atoms with E-state index in [2.05, 4.69) is 0 Å². The van der Waals surface area contributed by atoms with E-state index in [-0.39, 0.29) is 4.32 Å². The molecule has 1 aliphatic heterocycles. The van der Waals surface area contributed by atoms with Crippen LogP contribution in [0, 0.1) is 0 Å². The molecule has 1 aromatic carbocycles. The summed E-state index contributed by atoms with van der Waals surface area (Å²) < 4.78 is 6.03. The molecule has 1 aliphatic rings. The van der Waals surface area contributed by atoms with Gasteiger partial charge in [0.1, 0.15) is 21.9 Å². The second-order valence-electron chi connectivity index (χ2n) is 5.87. The lowest BCUT2D eigenvalue weighted by Gasteiger charge is -2.22. The van der Waals surface area contributed by atoms with Gasteiger partial charge in [-0.2, -0.15) is 11.8 Å². The molecule has 1 atom stereocenters. The number of benzene rings is 1. The van der Waals surface area contributed by atoms with E-state index in [1.54, 1.807) is 24.3 Å². The summed E-state index contributed by atoms with van der Waals surface area (Å²) in [6, 6.07) is 9.82. The molecule has 2 aromatic rings. The van der Waals surface area contributed by atoms with Crippen molar-refractivity contribution in [2.75, 3.05) is 12.0 Å². The van der Waals surface area contributed by atoms with Crippen LogP contribution in [0.25, 0.3) is 17.4 Å². The second-order valence-corrected chi connectivity index (χ2v) is 8.94. The predicted molar refractivity (Wildman–Crippen MR) is 119 cm³/mol. The van der Waals surface area contributed by atoms with Gasteiger partial charge in [0, 0.05) is 11.6 Å². The van der Waals surface area contributed by atoms with Crippen molar-refractivity contribution in [3.05, 3.63) is 52.1 Å². The van der Waals surface area contributed by atoms with Crippen LogP contribution in [0.2, 0.25) is 5.02 Å². The van der Waals surface area contributed by atoms with Crippen molar-refractivity contribution in [1.82, 2.24) is 4.90 Å². The zero-order valence-electron chi connectivity index (χ0n) is 14.8. The lowest BCUT2D eigenvalue weighted by molar-refractivity contribution is -0.145. The number of nitrogens with zero attached hydrogens (tertiary/aromatic N) is 1. The smallest absolute Gasteiger partial charge is 0.326 e. The van der Waals surface area contributed by atoms with Crippen molar-refractivity contribution < 1.29 is 19.1 Å². The third-order valence-electron chi connectivity index (χ3n) is 4.06. The first kappa shape index (κ1) is 21.0. The van der Waals surface area contributed by atoms with Gasteiger partial charge in [-0.05, 0) is 42.7 Å². The van der Waals surface area contributed by atoms with Crippen LogP contribution in [0.1, 0.15) is 12.2 Å². The molecule has 3 rings (SSSR count). The van der Waals surface area contributed by atoms with Crippen molar-refractivity contribution >= 4 is 69.6 Å². The topological polar surface area (TPSA) is 70.8 Å². The van der Waals surface area contributed by atoms with Crippen molar-refractivity contribution in [1.29, 1.82) is 0 Å². The number of furan rings is 1. The number of carbonyl (C=O) groups excluding carboxylic acids is 1. The Morgan fingerprint density at radius 1 is 1.39 bits per heavy atom. The molecule has 9 heteroatoms. The maximum atomic E-state index is 12.8. The SMILES string of the molecule is CSCC[C@@H](C(=O)O)N1C(=O)/C(=C/c2ccc(-c3ccccc3Cl)o2)SC1=S. The number of rotatable bonds is 7. The summed E-state index contributed by atoms with van der Waals surface area (Å²) in [5.74, 6) is 0.179. The van der Waals surface area contributed by atoms with Gasteiger partial charge in [0.05, 0.1) is 9.93 Å². The number of halogens is 1. The van der Waals surface area contributed by atoms with E-state index >= 15 is 0 Å². The molecule has 2 heterocycles. The van der Waals surface area contributed by atoms with Gasteiger partial charge in [0.25, 0.3) is 5.91 Å². The number of carbonyl (C=O) groups is 2. The number of carboxylic acid groups (broad SMARTS) is 1. The van der Waals surface area contributed by atoms with E-state index in [9.17, 15) is 14.7 Å². The summed E-state index contributed by atoms with van der Waals surface area (Å²) >= 11 is 14.1. The minimum Gasteiger partial charge on any atom is -0.480 e. The molecular weight excluding hydrogens is 438 g/mol. The normalized spacial score (nSPS) is 16.8. The van der Waals surface area contributed by atoms with Crippen LogP contribution in [0.3, 0.4) is 0 Å². The highest BCUT2D eigenvalue weighted by Crippen LogP contribution is 2.36. The zero-order valence-corrected chi connectivity index (χ0v) is 18.0. The van der Waals surface area contributed by atoms with Gasteiger partial charge in [-0.15, -0.1) is 0 Å². The molecule has 0 radical (unpaired) electrons. The molecule has 5 nitrogen and oxygen atoms in total. The average molecular weight is 454 g/mol. The average Bonchev–Trinajstić information content (AvgIpc) is 3.22. The Labute approximate surface area is 181 Å². The molecule has 0 unspecified atom stereocenters. The van der Waals surface area contributed by atoms with Crippen LogP contribution in [-0.4, -0.2) is 44.3 Å². The number of carboxylic acids is 1.